The molecule has 0 aliphatic carbocycles. The standard InChI is InChI=1S/C12H14BrNO3/c1-8-7-14(4-5-17-8)9-2-3-10(12(15)16)11(13)6-9/h2-3,6,8H,4-5,7H2,1H3,(H,15,16). The molecule has 1 N–H and O–H groups in total. The van der Waals surface area contributed by atoms with Crippen LogP contribution in [0.1, 0.15) is 17.3 Å². The summed E-state index contributed by atoms with van der Waals surface area (Å²) >= 11 is 3.29. The van der Waals surface area contributed by atoms with Crippen LogP contribution < -0.4 is 4.90 Å². The number of ether oxygens (including phenoxy) is 1. The molecular weight excluding hydrogens is 286 g/mol. The molecule has 0 bridgehead atoms. The average Bonchev–Trinajstić information content (AvgIpc) is 2.28. The minimum atomic E-state index is -0.918. The maximum absolute atomic E-state index is 10.9. The Labute approximate surface area is 108 Å². The number of rotatable bonds is 2. The average molecular weight is 300 g/mol. The molecule has 4 nitrogen and oxygen atoms in total. The molecule has 1 aromatic rings. The lowest BCUT2D eigenvalue weighted by atomic mass is 10.2. The number of carbonyl (C=O) groups is 1. The molecule has 17 heavy (non-hydrogen) atoms. The van der Waals surface area contributed by atoms with Crippen molar-refractivity contribution in [2.45, 2.75) is 13.0 Å². The summed E-state index contributed by atoms with van der Waals surface area (Å²) in [7, 11) is 0. The Morgan fingerprint density at radius 1 is 1.59 bits per heavy atom. The van der Waals surface area contributed by atoms with E-state index in [0.29, 0.717) is 11.1 Å². The molecule has 0 saturated carbocycles. The molecule has 0 amide bonds. The van der Waals surface area contributed by atoms with E-state index < -0.39 is 5.97 Å². The number of hydrogen-bond donors (Lipinski definition) is 1. The van der Waals surface area contributed by atoms with E-state index >= 15 is 0 Å². The van der Waals surface area contributed by atoms with E-state index in [1.54, 1.807) is 6.07 Å². The van der Waals surface area contributed by atoms with Crippen molar-refractivity contribution in [3.05, 3.63) is 28.2 Å². The number of hydrogen-bond acceptors (Lipinski definition) is 3. The third-order valence-electron chi connectivity index (χ3n) is 2.79. The predicted molar refractivity (Wildman–Crippen MR) is 68.7 cm³/mol. The van der Waals surface area contributed by atoms with Crippen LogP contribution >= 0.6 is 15.9 Å². The van der Waals surface area contributed by atoms with Gasteiger partial charge in [-0.05, 0) is 41.1 Å². The molecule has 1 atom stereocenters. The number of benzene rings is 1. The highest BCUT2D eigenvalue weighted by molar-refractivity contribution is 9.10. The third-order valence-corrected chi connectivity index (χ3v) is 3.45. The molecule has 1 aliphatic rings. The van der Waals surface area contributed by atoms with Crippen LogP contribution in [0.25, 0.3) is 0 Å². The molecule has 1 fully saturated rings. The topological polar surface area (TPSA) is 49.8 Å². The highest BCUT2D eigenvalue weighted by Crippen LogP contribution is 2.25. The van der Waals surface area contributed by atoms with Crippen molar-refractivity contribution in [1.82, 2.24) is 0 Å². The van der Waals surface area contributed by atoms with Gasteiger partial charge in [0.25, 0.3) is 0 Å². The summed E-state index contributed by atoms with van der Waals surface area (Å²) in [6, 6.07) is 5.32. The van der Waals surface area contributed by atoms with Gasteiger partial charge in [-0.2, -0.15) is 0 Å². The predicted octanol–water partition coefficient (Wildman–Crippen LogP) is 2.37. The van der Waals surface area contributed by atoms with E-state index in [1.165, 1.54) is 0 Å². The molecule has 1 saturated heterocycles. The van der Waals surface area contributed by atoms with E-state index in [1.807, 2.05) is 19.1 Å². The molecule has 1 aliphatic heterocycles. The van der Waals surface area contributed by atoms with Crippen molar-refractivity contribution in [2.24, 2.45) is 0 Å². The van der Waals surface area contributed by atoms with Crippen molar-refractivity contribution < 1.29 is 14.6 Å². The van der Waals surface area contributed by atoms with Crippen LogP contribution in [0, 0.1) is 0 Å². The lowest BCUT2D eigenvalue weighted by Crippen LogP contribution is -2.41. The number of carboxylic acid groups (broad SMARTS) is 1. The zero-order valence-electron chi connectivity index (χ0n) is 9.52. The Bertz CT molecular complexity index is 436. The summed E-state index contributed by atoms with van der Waals surface area (Å²) in [5.41, 5.74) is 1.31. The summed E-state index contributed by atoms with van der Waals surface area (Å²) in [5.74, 6) is -0.918. The number of anilines is 1. The quantitative estimate of drug-likeness (QED) is 0.911. The highest BCUT2D eigenvalue weighted by atomic mass is 79.9. The molecule has 1 unspecified atom stereocenters. The Morgan fingerprint density at radius 2 is 2.35 bits per heavy atom. The molecule has 0 radical (unpaired) electrons. The van der Waals surface area contributed by atoms with Crippen LogP contribution in [0.3, 0.4) is 0 Å². The van der Waals surface area contributed by atoms with Crippen LogP contribution in [0.15, 0.2) is 22.7 Å². The molecule has 1 aromatic carbocycles. The van der Waals surface area contributed by atoms with Crippen LogP contribution in [0.4, 0.5) is 5.69 Å². The van der Waals surface area contributed by atoms with Crippen molar-refractivity contribution in [2.75, 3.05) is 24.6 Å². The van der Waals surface area contributed by atoms with Crippen LogP contribution in [-0.4, -0.2) is 36.9 Å². The zero-order valence-corrected chi connectivity index (χ0v) is 11.1. The van der Waals surface area contributed by atoms with E-state index in [4.69, 9.17) is 9.84 Å². The molecular formula is C12H14BrNO3. The van der Waals surface area contributed by atoms with Crippen LogP contribution in [0.5, 0.6) is 0 Å². The second kappa shape index (κ2) is 5.06. The molecule has 92 valence electrons. The largest absolute Gasteiger partial charge is 0.478 e. The first-order valence-electron chi connectivity index (χ1n) is 5.47. The molecule has 1 heterocycles. The van der Waals surface area contributed by atoms with E-state index in [9.17, 15) is 4.79 Å². The van der Waals surface area contributed by atoms with E-state index in [2.05, 4.69) is 20.8 Å². The van der Waals surface area contributed by atoms with Gasteiger partial charge in [-0.25, -0.2) is 4.79 Å². The molecule has 0 spiro atoms. The lowest BCUT2D eigenvalue weighted by molar-refractivity contribution is 0.0532. The molecule has 5 heteroatoms. The fourth-order valence-electron chi connectivity index (χ4n) is 1.93. The zero-order chi connectivity index (χ0) is 12.4. The first-order chi connectivity index (χ1) is 8.08. The van der Waals surface area contributed by atoms with Crippen molar-refractivity contribution in [1.29, 1.82) is 0 Å². The Hall–Kier alpha value is -1.07. The monoisotopic (exact) mass is 299 g/mol. The summed E-state index contributed by atoms with van der Waals surface area (Å²) < 4.78 is 6.09. The van der Waals surface area contributed by atoms with Gasteiger partial charge in [-0.1, -0.05) is 0 Å². The van der Waals surface area contributed by atoms with E-state index in [0.717, 1.165) is 18.8 Å². The minimum Gasteiger partial charge on any atom is -0.478 e. The summed E-state index contributed by atoms with van der Waals surface area (Å²) in [5, 5.41) is 8.95. The van der Waals surface area contributed by atoms with Crippen molar-refractivity contribution in [3.8, 4) is 0 Å². The van der Waals surface area contributed by atoms with Gasteiger partial charge in [0.1, 0.15) is 0 Å². The summed E-state index contributed by atoms with van der Waals surface area (Å²) in [6.07, 6.45) is 0.210. The fraction of sp³-hybridized carbons (Fsp3) is 0.417. The van der Waals surface area contributed by atoms with Gasteiger partial charge in [-0.15, -0.1) is 0 Å². The highest BCUT2D eigenvalue weighted by Gasteiger charge is 2.18. The van der Waals surface area contributed by atoms with Gasteiger partial charge in [0.05, 0.1) is 18.3 Å². The smallest absolute Gasteiger partial charge is 0.336 e. The third kappa shape index (κ3) is 2.79. The first-order valence-corrected chi connectivity index (χ1v) is 6.26. The van der Waals surface area contributed by atoms with Gasteiger partial charge in [0.2, 0.25) is 0 Å². The van der Waals surface area contributed by atoms with Gasteiger partial charge in [0, 0.05) is 23.2 Å². The SMILES string of the molecule is CC1CN(c2ccc(C(=O)O)c(Br)c2)CCO1. The maximum atomic E-state index is 10.9. The van der Waals surface area contributed by atoms with E-state index in [-0.39, 0.29) is 11.7 Å². The molecule has 0 aromatic heterocycles. The summed E-state index contributed by atoms with van der Waals surface area (Å²) in [6.45, 7) is 4.41. The number of aromatic carboxylic acids is 1. The van der Waals surface area contributed by atoms with Gasteiger partial charge in [0.15, 0.2) is 0 Å². The van der Waals surface area contributed by atoms with Gasteiger partial charge >= 0.3 is 5.97 Å². The fourth-order valence-corrected chi connectivity index (χ4v) is 2.46. The van der Waals surface area contributed by atoms with Gasteiger partial charge < -0.3 is 14.7 Å². The maximum Gasteiger partial charge on any atom is 0.336 e. The van der Waals surface area contributed by atoms with Gasteiger partial charge in [-0.3, -0.25) is 0 Å². The number of halogens is 1. The van der Waals surface area contributed by atoms with Crippen molar-refractivity contribution in [3.63, 3.8) is 0 Å². The Kier molecular flexibility index (Phi) is 3.69. The number of carboxylic acids is 1. The number of morpholine rings is 1. The minimum absolute atomic E-state index is 0.210. The normalized spacial score (nSPS) is 20.4. The molecule has 2 rings (SSSR count). The second-order valence-electron chi connectivity index (χ2n) is 4.10. The first kappa shape index (κ1) is 12.4. The number of nitrogens with zero attached hydrogens (tertiary/aromatic N) is 1. The van der Waals surface area contributed by atoms with Crippen LogP contribution in [0.2, 0.25) is 0 Å². The van der Waals surface area contributed by atoms with Crippen LogP contribution in [-0.2, 0) is 4.74 Å². The Balaban J connectivity index is 2.22. The second-order valence-corrected chi connectivity index (χ2v) is 4.95. The lowest BCUT2D eigenvalue weighted by Gasteiger charge is -2.33. The van der Waals surface area contributed by atoms with Crippen molar-refractivity contribution >= 4 is 27.6 Å². The summed E-state index contributed by atoms with van der Waals surface area (Å²) in [4.78, 5) is 13.1. The Morgan fingerprint density at radius 3 is 2.94 bits per heavy atom.